The summed E-state index contributed by atoms with van der Waals surface area (Å²) in [6.07, 6.45) is 5.13. The van der Waals surface area contributed by atoms with E-state index in [2.05, 4.69) is 19.9 Å². The molecular weight excluding hydrogens is 212 g/mol. The fraction of sp³-hybridized carbons (Fsp3) is 0.200. The van der Waals surface area contributed by atoms with Gasteiger partial charge in [-0.3, -0.25) is 0 Å². The van der Waals surface area contributed by atoms with Crippen molar-refractivity contribution in [3.63, 3.8) is 0 Å². The lowest BCUT2D eigenvalue weighted by Gasteiger charge is -1.99. The summed E-state index contributed by atoms with van der Waals surface area (Å²) in [7, 11) is 0. The van der Waals surface area contributed by atoms with Crippen LogP contribution in [0.3, 0.4) is 0 Å². The zero-order valence-corrected chi connectivity index (χ0v) is 8.94. The second-order valence-corrected chi connectivity index (χ2v) is 3.36. The lowest BCUT2D eigenvalue weighted by atomic mass is 10.4. The molecule has 0 atom stereocenters. The lowest BCUT2D eigenvalue weighted by Crippen LogP contribution is -1.97. The summed E-state index contributed by atoms with van der Waals surface area (Å²) in [5.74, 6) is 1.39. The molecule has 0 saturated carbocycles. The molecule has 0 aliphatic carbocycles. The van der Waals surface area contributed by atoms with Gasteiger partial charge >= 0.3 is 0 Å². The largest absolute Gasteiger partial charge is 0.234 e. The average molecular weight is 221 g/mol. The highest BCUT2D eigenvalue weighted by Crippen LogP contribution is 2.09. The molecular formula is C10H9ClN4. The Bertz CT molecular complexity index is 455. The van der Waals surface area contributed by atoms with Gasteiger partial charge in [-0.05, 0) is 18.6 Å². The third-order valence-electron chi connectivity index (χ3n) is 1.83. The number of hydrogen-bond acceptors (Lipinski definition) is 4. The molecule has 2 aromatic rings. The van der Waals surface area contributed by atoms with E-state index in [1.165, 1.54) is 0 Å². The van der Waals surface area contributed by atoms with Crippen molar-refractivity contribution in [3.8, 4) is 11.6 Å². The van der Waals surface area contributed by atoms with E-state index in [0.29, 0.717) is 17.5 Å². The number of alkyl halides is 1. The van der Waals surface area contributed by atoms with Gasteiger partial charge in [-0.1, -0.05) is 0 Å². The number of aromatic nitrogens is 4. The van der Waals surface area contributed by atoms with E-state index in [4.69, 9.17) is 11.6 Å². The fourth-order valence-corrected chi connectivity index (χ4v) is 1.24. The molecule has 0 saturated heterocycles. The van der Waals surface area contributed by atoms with Crippen molar-refractivity contribution in [1.29, 1.82) is 0 Å². The highest BCUT2D eigenvalue weighted by Gasteiger charge is 2.04. The predicted octanol–water partition coefficient (Wildman–Crippen LogP) is 1.98. The summed E-state index contributed by atoms with van der Waals surface area (Å²) >= 11 is 5.68. The summed E-state index contributed by atoms with van der Waals surface area (Å²) in [6.45, 7) is 1.93. The molecule has 0 bridgehead atoms. The van der Waals surface area contributed by atoms with Gasteiger partial charge in [0.1, 0.15) is 0 Å². The summed E-state index contributed by atoms with van der Waals surface area (Å²) in [6, 6.07) is 1.77. The second kappa shape index (κ2) is 4.31. The normalized spacial score (nSPS) is 10.3. The van der Waals surface area contributed by atoms with Crippen LogP contribution in [0.25, 0.3) is 11.6 Å². The van der Waals surface area contributed by atoms with Crippen molar-refractivity contribution in [2.75, 3.05) is 0 Å². The Morgan fingerprint density at radius 1 is 1.13 bits per heavy atom. The SMILES string of the molecule is Cc1cnc(-c2nccc(CCl)n2)nc1. The smallest absolute Gasteiger partial charge is 0.197 e. The van der Waals surface area contributed by atoms with Crippen LogP contribution in [0.5, 0.6) is 0 Å². The minimum Gasteiger partial charge on any atom is -0.234 e. The van der Waals surface area contributed by atoms with Crippen LogP contribution in [0.4, 0.5) is 0 Å². The molecule has 4 nitrogen and oxygen atoms in total. The zero-order chi connectivity index (χ0) is 10.7. The van der Waals surface area contributed by atoms with E-state index < -0.39 is 0 Å². The van der Waals surface area contributed by atoms with E-state index in [-0.39, 0.29) is 0 Å². The van der Waals surface area contributed by atoms with Crippen molar-refractivity contribution in [3.05, 3.63) is 35.9 Å². The molecule has 15 heavy (non-hydrogen) atoms. The van der Waals surface area contributed by atoms with Gasteiger partial charge in [-0.25, -0.2) is 19.9 Å². The van der Waals surface area contributed by atoms with Crippen LogP contribution in [0.1, 0.15) is 11.3 Å². The Hall–Kier alpha value is -1.55. The molecule has 0 aliphatic heterocycles. The van der Waals surface area contributed by atoms with Crippen LogP contribution in [0.15, 0.2) is 24.7 Å². The van der Waals surface area contributed by atoms with Crippen LogP contribution < -0.4 is 0 Å². The Kier molecular flexibility index (Phi) is 2.87. The molecule has 2 rings (SSSR count). The van der Waals surface area contributed by atoms with Gasteiger partial charge in [0.2, 0.25) is 0 Å². The van der Waals surface area contributed by atoms with Crippen molar-refractivity contribution in [2.24, 2.45) is 0 Å². The first-order valence-electron chi connectivity index (χ1n) is 4.46. The highest BCUT2D eigenvalue weighted by molar-refractivity contribution is 6.16. The molecule has 0 spiro atoms. The zero-order valence-electron chi connectivity index (χ0n) is 8.18. The van der Waals surface area contributed by atoms with Gasteiger partial charge in [0, 0.05) is 18.6 Å². The second-order valence-electron chi connectivity index (χ2n) is 3.09. The maximum atomic E-state index is 5.68. The van der Waals surface area contributed by atoms with Crippen LogP contribution in [0, 0.1) is 6.92 Å². The number of halogens is 1. The topological polar surface area (TPSA) is 51.6 Å². The first kappa shape index (κ1) is 9.98. The predicted molar refractivity (Wildman–Crippen MR) is 57.4 cm³/mol. The third kappa shape index (κ3) is 2.27. The van der Waals surface area contributed by atoms with E-state index in [1.807, 2.05) is 6.92 Å². The Labute approximate surface area is 92.4 Å². The number of aryl methyl sites for hydroxylation is 1. The van der Waals surface area contributed by atoms with Gasteiger partial charge in [-0.15, -0.1) is 11.6 Å². The van der Waals surface area contributed by atoms with Crippen molar-refractivity contribution < 1.29 is 0 Å². The van der Waals surface area contributed by atoms with E-state index >= 15 is 0 Å². The van der Waals surface area contributed by atoms with Gasteiger partial charge in [0.15, 0.2) is 11.6 Å². The van der Waals surface area contributed by atoms with Gasteiger partial charge in [-0.2, -0.15) is 0 Å². The molecule has 0 unspecified atom stereocenters. The van der Waals surface area contributed by atoms with Crippen LogP contribution in [-0.2, 0) is 5.88 Å². The monoisotopic (exact) mass is 220 g/mol. The quantitative estimate of drug-likeness (QED) is 0.727. The molecule has 0 N–H and O–H groups in total. The summed E-state index contributed by atoms with van der Waals surface area (Å²) in [4.78, 5) is 16.6. The van der Waals surface area contributed by atoms with E-state index in [1.54, 1.807) is 24.7 Å². The third-order valence-corrected chi connectivity index (χ3v) is 2.10. The van der Waals surface area contributed by atoms with Gasteiger partial charge in [0.25, 0.3) is 0 Å². The van der Waals surface area contributed by atoms with E-state index in [9.17, 15) is 0 Å². The first-order valence-corrected chi connectivity index (χ1v) is 5.00. The lowest BCUT2D eigenvalue weighted by molar-refractivity contribution is 1.03. The van der Waals surface area contributed by atoms with Crippen LogP contribution in [-0.4, -0.2) is 19.9 Å². The summed E-state index contributed by atoms with van der Waals surface area (Å²) < 4.78 is 0. The standard InChI is InChI=1S/C10H9ClN4/c1-7-5-13-9(14-6-7)10-12-3-2-8(4-11)15-10/h2-3,5-6H,4H2,1H3. The number of hydrogen-bond donors (Lipinski definition) is 0. The average Bonchev–Trinajstić information content (AvgIpc) is 2.30. The van der Waals surface area contributed by atoms with Crippen molar-refractivity contribution in [2.45, 2.75) is 12.8 Å². The number of rotatable bonds is 2. The molecule has 5 heteroatoms. The van der Waals surface area contributed by atoms with Gasteiger partial charge in [0.05, 0.1) is 11.6 Å². The first-order chi connectivity index (χ1) is 7.29. The molecule has 2 heterocycles. The molecule has 76 valence electrons. The maximum absolute atomic E-state index is 5.68. The van der Waals surface area contributed by atoms with Crippen LogP contribution >= 0.6 is 11.6 Å². The Balaban J connectivity index is 2.40. The molecule has 0 aliphatic rings. The number of nitrogens with zero attached hydrogens (tertiary/aromatic N) is 4. The summed E-state index contributed by atoms with van der Waals surface area (Å²) in [5.41, 5.74) is 1.78. The minimum atomic E-state index is 0.362. The van der Waals surface area contributed by atoms with Crippen LogP contribution in [0.2, 0.25) is 0 Å². The Morgan fingerprint density at radius 3 is 2.53 bits per heavy atom. The highest BCUT2D eigenvalue weighted by atomic mass is 35.5. The fourth-order valence-electron chi connectivity index (χ4n) is 1.09. The molecule has 0 radical (unpaired) electrons. The van der Waals surface area contributed by atoms with Gasteiger partial charge < -0.3 is 0 Å². The van der Waals surface area contributed by atoms with E-state index in [0.717, 1.165) is 11.3 Å². The molecule has 2 aromatic heterocycles. The minimum absolute atomic E-state index is 0.362. The summed E-state index contributed by atoms with van der Waals surface area (Å²) in [5, 5.41) is 0. The molecule has 0 fully saturated rings. The van der Waals surface area contributed by atoms with Crippen molar-refractivity contribution >= 4 is 11.6 Å². The molecule has 0 amide bonds. The van der Waals surface area contributed by atoms with Crippen molar-refractivity contribution in [1.82, 2.24) is 19.9 Å². The maximum Gasteiger partial charge on any atom is 0.197 e. The Morgan fingerprint density at radius 2 is 1.87 bits per heavy atom. The molecule has 0 aromatic carbocycles.